The van der Waals surface area contributed by atoms with Gasteiger partial charge in [-0.15, -0.1) is 0 Å². The Morgan fingerprint density at radius 3 is 2.56 bits per heavy atom. The molecule has 1 amide bonds. The number of benzene rings is 2. The van der Waals surface area contributed by atoms with Gasteiger partial charge in [-0.2, -0.15) is 0 Å². The number of hydrogen-bond acceptors (Lipinski definition) is 6. The van der Waals surface area contributed by atoms with E-state index in [2.05, 4.69) is 16.4 Å². The SMILES string of the molecule is COc1ccc(CCC(=O)Nc2nc3ccc(C)cc3s2)c(OC)c1OC. The molecule has 2 aromatic carbocycles. The van der Waals surface area contributed by atoms with Gasteiger partial charge < -0.3 is 19.5 Å². The molecule has 0 atom stereocenters. The first kappa shape index (κ1) is 19.0. The highest BCUT2D eigenvalue weighted by Gasteiger charge is 2.17. The van der Waals surface area contributed by atoms with Crippen LogP contribution in [0.15, 0.2) is 30.3 Å². The van der Waals surface area contributed by atoms with E-state index >= 15 is 0 Å². The largest absolute Gasteiger partial charge is 0.493 e. The molecular formula is C20H22N2O4S. The number of ether oxygens (including phenoxy) is 3. The van der Waals surface area contributed by atoms with E-state index in [0.29, 0.717) is 35.2 Å². The van der Waals surface area contributed by atoms with Gasteiger partial charge in [0.2, 0.25) is 11.7 Å². The fraction of sp³-hybridized carbons (Fsp3) is 0.300. The monoisotopic (exact) mass is 386 g/mol. The van der Waals surface area contributed by atoms with Crippen molar-refractivity contribution in [3.05, 3.63) is 41.5 Å². The Morgan fingerprint density at radius 2 is 1.85 bits per heavy atom. The van der Waals surface area contributed by atoms with Gasteiger partial charge in [-0.05, 0) is 42.7 Å². The summed E-state index contributed by atoms with van der Waals surface area (Å²) in [5.74, 6) is 1.61. The van der Waals surface area contributed by atoms with Crippen LogP contribution in [0.1, 0.15) is 17.5 Å². The first-order valence-electron chi connectivity index (χ1n) is 8.50. The van der Waals surface area contributed by atoms with Crippen LogP contribution in [0.3, 0.4) is 0 Å². The van der Waals surface area contributed by atoms with Crippen molar-refractivity contribution >= 4 is 32.6 Å². The third-order valence-corrected chi connectivity index (χ3v) is 5.13. The molecule has 0 unspecified atom stereocenters. The summed E-state index contributed by atoms with van der Waals surface area (Å²) >= 11 is 1.48. The van der Waals surface area contributed by atoms with Crippen LogP contribution in [0.25, 0.3) is 10.2 Å². The van der Waals surface area contributed by atoms with Crippen LogP contribution in [0.2, 0.25) is 0 Å². The van der Waals surface area contributed by atoms with Gasteiger partial charge in [0.15, 0.2) is 16.6 Å². The molecular weight excluding hydrogens is 364 g/mol. The number of nitrogens with zero attached hydrogens (tertiary/aromatic N) is 1. The fourth-order valence-corrected chi connectivity index (χ4v) is 3.86. The van der Waals surface area contributed by atoms with E-state index < -0.39 is 0 Å². The summed E-state index contributed by atoms with van der Waals surface area (Å²) in [7, 11) is 4.71. The zero-order chi connectivity index (χ0) is 19.4. The molecule has 0 fully saturated rings. The van der Waals surface area contributed by atoms with E-state index in [1.54, 1.807) is 21.3 Å². The van der Waals surface area contributed by atoms with E-state index in [-0.39, 0.29) is 5.91 Å². The first-order valence-corrected chi connectivity index (χ1v) is 9.32. The van der Waals surface area contributed by atoms with Crippen molar-refractivity contribution < 1.29 is 19.0 Å². The second kappa shape index (κ2) is 8.26. The Balaban J connectivity index is 1.69. The molecule has 0 saturated carbocycles. The van der Waals surface area contributed by atoms with Crippen LogP contribution in [0.5, 0.6) is 17.2 Å². The summed E-state index contributed by atoms with van der Waals surface area (Å²) in [5, 5.41) is 3.49. The van der Waals surface area contributed by atoms with Gasteiger partial charge in [0.05, 0.1) is 31.5 Å². The minimum atomic E-state index is -0.0948. The third-order valence-electron chi connectivity index (χ3n) is 4.20. The average molecular weight is 386 g/mol. The van der Waals surface area contributed by atoms with Gasteiger partial charge in [-0.1, -0.05) is 23.5 Å². The molecule has 0 aliphatic rings. The highest BCUT2D eigenvalue weighted by molar-refractivity contribution is 7.22. The van der Waals surface area contributed by atoms with Gasteiger partial charge in [-0.3, -0.25) is 4.79 Å². The zero-order valence-corrected chi connectivity index (χ0v) is 16.6. The lowest BCUT2D eigenvalue weighted by atomic mass is 10.1. The smallest absolute Gasteiger partial charge is 0.226 e. The zero-order valence-electron chi connectivity index (χ0n) is 15.8. The average Bonchev–Trinajstić information content (AvgIpc) is 3.06. The number of rotatable bonds is 7. The van der Waals surface area contributed by atoms with Crippen molar-refractivity contribution in [1.29, 1.82) is 0 Å². The molecule has 1 heterocycles. The lowest BCUT2D eigenvalue weighted by Gasteiger charge is -2.15. The summed E-state index contributed by atoms with van der Waals surface area (Å²) in [6.07, 6.45) is 0.820. The Hall–Kier alpha value is -2.80. The van der Waals surface area contributed by atoms with Crippen LogP contribution in [0.4, 0.5) is 5.13 Å². The summed E-state index contributed by atoms with van der Waals surface area (Å²) in [6, 6.07) is 9.73. The summed E-state index contributed by atoms with van der Waals surface area (Å²) in [4.78, 5) is 16.8. The van der Waals surface area contributed by atoms with Crippen molar-refractivity contribution in [3.63, 3.8) is 0 Å². The number of hydrogen-bond donors (Lipinski definition) is 1. The summed E-state index contributed by atoms with van der Waals surface area (Å²) < 4.78 is 17.2. The highest BCUT2D eigenvalue weighted by atomic mass is 32.1. The second-order valence-electron chi connectivity index (χ2n) is 6.03. The van der Waals surface area contributed by atoms with E-state index in [1.165, 1.54) is 16.9 Å². The van der Waals surface area contributed by atoms with Crippen molar-refractivity contribution in [1.82, 2.24) is 4.98 Å². The predicted octanol–water partition coefficient (Wildman–Crippen LogP) is 4.20. The van der Waals surface area contributed by atoms with Crippen LogP contribution >= 0.6 is 11.3 Å². The predicted molar refractivity (Wildman–Crippen MR) is 107 cm³/mol. The van der Waals surface area contributed by atoms with E-state index in [0.717, 1.165) is 15.8 Å². The van der Waals surface area contributed by atoms with Gasteiger partial charge in [0.25, 0.3) is 0 Å². The second-order valence-corrected chi connectivity index (χ2v) is 7.06. The highest BCUT2D eigenvalue weighted by Crippen LogP contribution is 2.40. The number of fused-ring (bicyclic) bond motifs is 1. The van der Waals surface area contributed by atoms with E-state index in [9.17, 15) is 4.79 Å². The van der Waals surface area contributed by atoms with E-state index in [4.69, 9.17) is 14.2 Å². The molecule has 1 aromatic heterocycles. The molecule has 27 heavy (non-hydrogen) atoms. The number of carbonyl (C=O) groups excluding carboxylic acids is 1. The lowest BCUT2D eigenvalue weighted by molar-refractivity contribution is -0.116. The maximum atomic E-state index is 12.4. The molecule has 3 aromatic rings. The number of aryl methyl sites for hydroxylation is 2. The van der Waals surface area contributed by atoms with Crippen LogP contribution < -0.4 is 19.5 Å². The van der Waals surface area contributed by atoms with Crippen LogP contribution in [0, 0.1) is 6.92 Å². The molecule has 3 rings (SSSR count). The Labute approximate surface area is 162 Å². The van der Waals surface area contributed by atoms with Crippen LogP contribution in [-0.4, -0.2) is 32.2 Å². The Kier molecular flexibility index (Phi) is 5.81. The fourth-order valence-electron chi connectivity index (χ4n) is 2.88. The number of nitrogens with one attached hydrogen (secondary N) is 1. The minimum absolute atomic E-state index is 0.0948. The number of aromatic nitrogens is 1. The molecule has 1 N–H and O–H groups in total. The maximum absolute atomic E-state index is 12.4. The molecule has 6 nitrogen and oxygen atoms in total. The van der Waals surface area contributed by atoms with Crippen molar-refractivity contribution in [2.45, 2.75) is 19.8 Å². The lowest BCUT2D eigenvalue weighted by Crippen LogP contribution is -2.12. The topological polar surface area (TPSA) is 69.7 Å². The molecule has 0 radical (unpaired) electrons. The standard InChI is InChI=1S/C20H22N2O4S/c1-12-5-8-14-16(11-12)27-20(21-14)22-17(23)10-7-13-6-9-15(24-2)19(26-4)18(13)25-3/h5-6,8-9,11H,7,10H2,1-4H3,(H,21,22,23). The van der Waals surface area contributed by atoms with Crippen molar-refractivity contribution in [2.24, 2.45) is 0 Å². The van der Waals surface area contributed by atoms with Crippen molar-refractivity contribution in [3.8, 4) is 17.2 Å². The molecule has 142 valence electrons. The molecule has 0 aliphatic carbocycles. The van der Waals surface area contributed by atoms with Crippen LogP contribution in [-0.2, 0) is 11.2 Å². The Bertz CT molecular complexity index is 968. The van der Waals surface area contributed by atoms with Crippen molar-refractivity contribution in [2.75, 3.05) is 26.6 Å². The molecule has 0 saturated heterocycles. The van der Waals surface area contributed by atoms with Gasteiger partial charge in [-0.25, -0.2) is 4.98 Å². The van der Waals surface area contributed by atoms with Gasteiger partial charge >= 0.3 is 0 Å². The molecule has 0 bridgehead atoms. The molecule has 0 aliphatic heterocycles. The number of amides is 1. The third kappa shape index (κ3) is 4.14. The van der Waals surface area contributed by atoms with Gasteiger partial charge in [0.1, 0.15) is 0 Å². The number of anilines is 1. The summed E-state index contributed by atoms with van der Waals surface area (Å²) in [6.45, 7) is 2.04. The maximum Gasteiger partial charge on any atom is 0.226 e. The minimum Gasteiger partial charge on any atom is -0.493 e. The Morgan fingerprint density at radius 1 is 1.07 bits per heavy atom. The first-order chi connectivity index (χ1) is 13.0. The number of carbonyl (C=O) groups is 1. The quantitative estimate of drug-likeness (QED) is 0.659. The van der Waals surface area contributed by atoms with E-state index in [1.807, 2.05) is 31.2 Å². The summed E-state index contributed by atoms with van der Waals surface area (Å²) in [5.41, 5.74) is 2.94. The van der Waals surface area contributed by atoms with Gasteiger partial charge in [0, 0.05) is 6.42 Å². The number of methoxy groups -OCH3 is 3. The molecule has 0 spiro atoms. The normalized spacial score (nSPS) is 10.7. The molecule has 7 heteroatoms. The number of thiazole rings is 1.